The van der Waals surface area contributed by atoms with Crippen LogP contribution in [0.5, 0.6) is 0 Å². The first-order chi connectivity index (χ1) is 5.63. The summed E-state index contributed by atoms with van der Waals surface area (Å²) in [5.41, 5.74) is 0. The van der Waals surface area contributed by atoms with Crippen molar-refractivity contribution < 1.29 is 19.1 Å². The van der Waals surface area contributed by atoms with E-state index in [-0.39, 0.29) is 12.3 Å². The average molecular weight is 172 g/mol. The highest BCUT2D eigenvalue weighted by Gasteiger charge is 2.30. The van der Waals surface area contributed by atoms with Crippen molar-refractivity contribution in [3.05, 3.63) is 0 Å². The molecule has 1 heterocycles. The molecular weight excluding hydrogens is 160 g/mol. The second-order valence-electron chi connectivity index (χ2n) is 2.91. The smallest absolute Gasteiger partial charge is 0.320 e. The molecule has 0 aromatic rings. The molecule has 4 nitrogen and oxygen atoms in total. The molecule has 1 rings (SSSR count). The van der Waals surface area contributed by atoms with Gasteiger partial charge in [0.15, 0.2) is 0 Å². The fourth-order valence-corrected chi connectivity index (χ4v) is 0.909. The van der Waals surface area contributed by atoms with Crippen molar-refractivity contribution in [2.45, 2.75) is 33.0 Å². The van der Waals surface area contributed by atoms with E-state index in [1.165, 1.54) is 0 Å². The summed E-state index contributed by atoms with van der Waals surface area (Å²) in [6, 6.07) is 0. The first-order valence-corrected chi connectivity index (χ1v) is 4.02. The van der Waals surface area contributed by atoms with E-state index in [2.05, 4.69) is 0 Å². The summed E-state index contributed by atoms with van der Waals surface area (Å²) in [7, 11) is 0. The first-order valence-electron chi connectivity index (χ1n) is 4.02. The molecule has 1 fully saturated rings. The lowest BCUT2D eigenvalue weighted by Crippen LogP contribution is -2.36. The normalized spacial score (nSPS) is 21.5. The van der Waals surface area contributed by atoms with Gasteiger partial charge in [-0.1, -0.05) is 13.8 Å². The number of cyclic esters (lactones) is 2. The standard InChI is InChI=1S/C8H12O4/c1-3-5(2)8-11-6(9)4-7(10)12-8/h5,8H,3-4H2,1-2H3. The Morgan fingerprint density at radius 3 is 2.33 bits per heavy atom. The lowest BCUT2D eigenvalue weighted by Gasteiger charge is -2.26. The van der Waals surface area contributed by atoms with Gasteiger partial charge in [0, 0.05) is 5.92 Å². The fourth-order valence-electron chi connectivity index (χ4n) is 0.909. The van der Waals surface area contributed by atoms with Gasteiger partial charge in [-0.05, 0) is 6.42 Å². The Morgan fingerprint density at radius 2 is 1.92 bits per heavy atom. The Bertz CT molecular complexity index is 183. The molecular formula is C8H12O4. The number of carbonyl (C=O) groups is 2. The quantitative estimate of drug-likeness (QED) is 0.457. The van der Waals surface area contributed by atoms with Crippen molar-refractivity contribution in [1.29, 1.82) is 0 Å². The molecule has 1 aliphatic heterocycles. The van der Waals surface area contributed by atoms with E-state index in [0.717, 1.165) is 6.42 Å². The van der Waals surface area contributed by atoms with E-state index in [1.54, 1.807) is 0 Å². The van der Waals surface area contributed by atoms with Gasteiger partial charge < -0.3 is 9.47 Å². The van der Waals surface area contributed by atoms with E-state index < -0.39 is 18.2 Å². The predicted octanol–water partition coefficient (Wildman–Crippen LogP) is 0.849. The van der Waals surface area contributed by atoms with Crippen LogP contribution in [0.1, 0.15) is 26.7 Å². The Kier molecular flexibility index (Phi) is 2.68. The van der Waals surface area contributed by atoms with Gasteiger partial charge in [0.25, 0.3) is 0 Å². The first kappa shape index (κ1) is 9.03. The van der Waals surface area contributed by atoms with Gasteiger partial charge in [0.2, 0.25) is 6.29 Å². The molecule has 68 valence electrons. The molecule has 1 atom stereocenters. The van der Waals surface area contributed by atoms with Crippen molar-refractivity contribution >= 4 is 11.9 Å². The largest absolute Gasteiger partial charge is 0.424 e. The van der Waals surface area contributed by atoms with Crippen molar-refractivity contribution in [3.8, 4) is 0 Å². The Labute approximate surface area is 70.8 Å². The topological polar surface area (TPSA) is 52.6 Å². The summed E-state index contributed by atoms with van der Waals surface area (Å²) in [6.45, 7) is 3.82. The number of hydrogen-bond acceptors (Lipinski definition) is 4. The second kappa shape index (κ2) is 3.56. The Balaban J connectivity index is 2.55. The van der Waals surface area contributed by atoms with Crippen LogP contribution in [0.25, 0.3) is 0 Å². The lowest BCUT2D eigenvalue weighted by atomic mass is 10.1. The third kappa shape index (κ3) is 1.96. The molecule has 0 N–H and O–H groups in total. The molecule has 1 unspecified atom stereocenters. The van der Waals surface area contributed by atoms with Crippen molar-refractivity contribution in [2.75, 3.05) is 0 Å². The van der Waals surface area contributed by atoms with Crippen LogP contribution in [-0.4, -0.2) is 18.2 Å². The molecule has 0 amide bonds. The van der Waals surface area contributed by atoms with Gasteiger partial charge in [0.1, 0.15) is 6.42 Å². The minimum atomic E-state index is -0.677. The van der Waals surface area contributed by atoms with Gasteiger partial charge in [-0.2, -0.15) is 0 Å². The molecule has 1 saturated heterocycles. The van der Waals surface area contributed by atoms with Crippen LogP contribution >= 0.6 is 0 Å². The highest BCUT2D eigenvalue weighted by molar-refractivity contribution is 5.92. The number of hydrogen-bond donors (Lipinski definition) is 0. The second-order valence-corrected chi connectivity index (χ2v) is 2.91. The molecule has 0 spiro atoms. The van der Waals surface area contributed by atoms with Gasteiger partial charge in [-0.15, -0.1) is 0 Å². The zero-order chi connectivity index (χ0) is 9.14. The number of carbonyl (C=O) groups excluding carboxylic acids is 2. The number of rotatable bonds is 2. The number of ether oxygens (including phenoxy) is 2. The average Bonchev–Trinajstić information content (AvgIpc) is 2.01. The molecule has 0 aliphatic carbocycles. The van der Waals surface area contributed by atoms with Crippen LogP contribution in [0, 0.1) is 5.92 Å². The summed E-state index contributed by atoms with van der Waals surface area (Å²) in [5, 5.41) is 0. The zero-order valence-corrected chi connectivity index (χ0v) is 7.20. The third-order valence-corrected chi connectivity index (χ3v) is 1.89. The monoisotopic (exact) mass is 172 g/mol. The maximum atomic E-state index is 10.8. The molecule has 12 heavy (non-hydrogen) atoms. The van der Waals surface area contributed by atoms with E-state index in [0.29, 0.717) is 0 Å². The van der Waals surface area contributed by atoms with E-state index in [9.17, 15) is 9.59 Å². The summed E-state index contributed by atoms with van der Waals surface area (Å²) in [6.07, 6.45) is -0.123. The van der Waals surface area contributed by atoms with Crippen LogP contribution in [0.15, 0.2) is 0 Å². The van der Waals surface area contributed by atoms with Crippen molar-refractivity contribution in [1.82, 2.24) is 0 Å². The van der Waals surface area contributed by atoms with Crippen molar-refractivity contribution in [3.63, 3.8) is 0 Å². The molecule has 0 radical (unpaired) electrons. The predicted molar refractivity (Wildman–Crippen MR) is 40.0 cm³/mol. The minimum Gasteiger partial charge on any atom is -0.424 e. The zero-order valence-electron chi connectivity index (χ0n) is 7.20. The summed E-state index contributed by atoms with van der Waals surface area (Å²) < 4.78 is 9.65. The third-order valence-electron chi connectivity index (χ3n) is 1.89. The van der Waals surface area contributed by atoms with Gasteiger partial charge >= 0.3 is 11.9 Å². The van der Waals surface area contributed by atoms with Gasteiger partial charge in [-0.25, -0.2) is 0 Å². The lowest BCUT2D eigenvalue weighted by molar-refractivity contribution is -0.212. The maximum absolute atomic E-state index is 10.8. The van der Waals surface area contributed by atoms with Gasteiger partial charge in [-0.3, -0.25) is 9.59 Å². The van der Waals surface area contributed by atoms with Crippen molar-refractivity contribution in [2.24, 2.45) is 5.92 Å². The Morgan fingerprint density at radius 1 is 1.42 bits per heavy atom. The van der Waals surface area contributed by atoms with E-state index >= 15 is 0 Å². The summed E-state index contributed by atoms with van der Waals surface area (Å²) in [4.78, 5) is 21.6. The van der Waals surface area contributed by atoms with Crippen LogP contribution < -0.4 is 0 Å². The Hall–Kier alpha value is -1.06. The van der Waals surface area contributed by atoms with Crippen LogP contribution in [-0.2, 0) is 19.1 Å². The SMILES string of the molecule is CCC(C)C1OC(=O)CC(=O)O1. The van der Waals surface area contributed by atoms with Gasteiger partial charge in [0.05, 0.1) is 0 Å². The fraction of sp³-hybridized carbons (Fsp3) is 0.750. The maximum Gasteiger partial charge on any atom is 0.320 e. The molecule has 1 aliphatic rings. The summed E-state index contributed by atoms with van der Waals surface area (Å²) >= 11 is 0. The minimum absolute atomic E-state index is 0.0678. The highest BCUT2D eigenvalue weighted by Crippen LogP contribution is 2.18. The molecule has 0 bridgehead atoms. The highest BCUT2D eigenvalue weighted by atomic mass is 16.7. The van der Waals surface area contributed by atoms with Crippen LogP contribution in [0.4, 0.5) is 0 Å². The van der Waals surface area contributed by atoms with Crippen LogP contribution in [0.2, 0.25) is 0 Å². The molecule has 0 saturated carbocycles. The van der Waals surface area contributed by atoms with E-state index in [4.69, 9.17) is 9.47 Å². The van der Waals surface area contributed by atoms with E-state index in [1.807, 2.05) is 13.8 Å². The number of esters is 2. The van der Waals surface area contributed by atoms with Crippen LogP contribution in [0.3, 0.4) is 0 Å². The molecule has 4 heteroatoms. The molecule has 0 aromatic heterocycles. The molecule has 0 aromatic carbocycles. The summed E-state index contributed by atoms with van der Waals surface area (Å²) in [5.74, 6) is -0.911.